The van der Waals surface area contributed by atoms with Crippen LogP contribution in [0.4, 0.5) is 10.5 Å². The number of nitrogens with two attached hydrogens (primary N) is 1. The molecular weight excluding hydrogens is 234 g/mol. The van der Waals surface area contributed by atoms with Gasteiger partial charge in [-0.05, 0) is 18.2 Å². The van der Waals surface area contributed by atoms with Crippen LogP contribution in [0.1, 0.15) is 5.56 Å². The van der Waals surface area contributed by atoms with E-state index < -0.39 is 0 Å². The van der Waals surface area contributed by atoms with Gasteiger partial charge in [0.15, 0.2) is 0 Å². The molecule has 4 N–H and O–H groups in total. The highest BCUT2D eigenvalue weighted by molar-refractivity contribution is 7.80. The number of rotatable bonds is 2. The monoisotopic (exact) mass is 243 g/mol. The molecule has 0 atom stereocenters. The lowest BCUT2D eigenvalue weighted by atomic mass is 10.2. The summed E-state index contributed by atoms with van der Waals surface area (Å²) in [4.78, 5) is 11.3. The van der Waals surface area contributed by atoms with E-state index in [-0.39, 0.29) is 11.0 Å². The summed E-state index contributed by atoms with van der Waals surface area (Å²) < 4.78 is 0. The van der Waals surface area contributed by atoms with E-state index in [2.05, 4.69) is 10.6 Å². The number of amides is 2. The number of thiocarbonyl (C=S) groups is 1. The van der Waals surface area contributed by atoms with Crippen molar-refractivity contribution in [2.45, 2.75) is 0 Å². The maximum atomic E-state index is 11.1. The summed E-state index contributed by atoms with van der Waals surface area (Å²) in [6, 6.07) is 4.56. The van der Waals surface area contributed by atoms with Crippen LogP contribution >= 0.6 is 23.8 Å². The number of urea groups is 1. The standard InChI is InChI=1S/C9H10ClN3OS/c1-12-9(14)13-7-4-5(10)2-3-6(7)8(11)15/h2-4H,1H3,(H2,11,15)(H2,12,13,14). The Morgan fingerprint density at radius 1 is 1.53 bits per heavy atom. The van der Waals surface area contributed by atoms with Gasteiger partial charge >= 0.3 is 6.03 Å². The van der Waals surface area contributed by atoms with Crippen molar-refractivity contribution in [2.75, 3.05) is 12.4 Å². The number of hydrogen-bond acceptors (Lipinski definition) is 2. The molecule has 0 heterocycles. The molecule has 6 heteroatoms. The van der Waals surface area contributed by atoms with Gasteiger partial charge in [0, 0.05) is 17.6 Å². The van der Waals surface area contributed by atoms with Crippen LogP contribution in [-0.2, 0) is 0 Å². The van der Waals surface area contributed by atoms with Crippen molar-refractivity contribution in [3.8, 4) is 0 Å². The summed E-state index contributed by atoms with van der Waals surface area (Å²) in [5.74, 6) is 0. The number of carbonyl (C=O) groups is 1. The highest BCUT2D eigenvalue weighted by Gasteiger charge is 2.08. The summed E-state index contributed by atoms with van der Waals surface area (Å²) in [5.41, 5.74) is 6.57. The second-order valence-electron chi connectivity index (χ2n) is 2.76. The van der Waals surface area contributed by atoms with E-state index in [1.807, 2.05) is 0 Å². The van der Waals surface area contributed by atoms with Gasteiger partial charge in [0.25, 0.3) is 0 Å². The van der Waals surface area contributed by atoms with Gasteiger partial charge in [0.1, 0.15) is 4.99 Å². The van der Waals surface area contributed by atoms with Crippen LogP contribution in [0.5, 0.6) is 0 Å². The van der Waals surface area contributed by atoms with Crippen molar-refractivity contribution >= 4 is 40.5 Å². The molecule has 0 aliphatic carbocycles. The highest BCUT2D eigenvalue weighted by Crippen LogP contribution is 2.20. The first-order valence-corrected chi connectivity index (χ1v) is 4.91. The van der Waals surface area contributed by atoms with E-state index in [1.165, 1.54) is 7.05 Å². The Kier molecular flexibility index (Phi) is 3.88. The summed E-state index contributed by atoms with van der Waals surface area (Å²) >= 11 is 10.6. The molecule has 0 radical (unpaired) electrons. The third kappa shape index (κ3) is 3.07. The van der Waals surface area contributed by atoms with Gasteiger partial charge in [0.2, 0.25) is 0 Å². The van der Waals surface area contributed by atoms with E-state index in [1.54, 1.807) is 18.2 Å². The first-order valence-electron chi connectivity index (χ1n) is 4.12. The zero-order valence-electron chi connectivity index (χ0n) is 8.00. The van der Waals surface area contributed by atoms with E-state index in [9.17, 15) is 4.79 Å². The van der Waals surface area contributed by atoms with Gasteiger partial charge in [-0.2, -0.15) is 0 Å². The minimum atomic E-state index is -0.352. The number of halogens is 1. The number of carbonyl (C=O) groups excluding carboxylic acids is 1. The molecule has 0 spiro atoms. The SMILES string of the molecule is CNC(=O)Nc1cc(Cl)ccc1C(N)=S. The van der Waals surface area contributed by atoms with Crippen molar-refractivity contribution in [2.24, 2.45) is 5.73 Å². The molecule has 4 nitrogen and oxygen atoms in total. The van der Waals surface area contributed by atoms with Crippen molar-refractivity contribution < 1.29 is 4.79 Å². The Bertz CT molecular complexity index is 408. The zero-order chi connectivity index (χ0) is 11.4. The topological polar surface area (TPSA) is 67.2 Å². The summed E-state index contributed by atoms with van der Waals surface area (Å²) in [7, 11) is 1.51. The van der Waals surface area contributed by atoms with Crippen LogP contribution in [0.15, 0.2) is 18.2 Å². The second-order valence-corrected chi connectivity index (χ2v) is 3.63. The Morgan fingerprint density at radius 2 is 2.20 bits per heavy atom. The average Bonchev–Trinajstić information content (AvgIpc) is 2.17. The van der Waals surface area contributed by atoms with Crippen LogP contribution in [0, 0.1) is 0 Å². The molecule has 80 valence electrons. The Labute approximate surface area is 97.8 Å². The van der Waals surface area contributed by atoms with Crippen LogP contribution in [0.25, 0.3) is 0 Å². The fraction of sp³-hybridized carbons (Fsp3) is 0.111. The van der Waals surface area contributed by atoms with E-state index in [4.69, 9.17) is 29.6 Å². The first kappa shape index (κ1) is 11.7. The minimum absolute atomic E-state index is 0.207. The van der Waals surface area contributed by atoms with Crippen molar-refractivity contribution in [1.82, 2.24) is 5.32 Å². The van der Waals surface area contributed by atoms with Gasteiger partial charge < -0.3 is 16.4 Å². The number of hydrogen-bond donors (Lipinski definition) is 3. The second kappa shape index (κ2) is 4.95. The Morgan fingerprint density at radius 3 is 2.73 bits per heavy atom. The number of benzene rings is 1. The van der Waals surface area contributed by atoms with Gasteiger partial charge in [-0.3, -0.25) is 0 Å². The lowest BCUT2D eigenvalue weighted by molar-refractivity contribution is 0.254. The Hall–Kier alpha value is -1.33. The van der Waals surface area contributed by atoms with Crippen molar-refractivity contribution in [1.29, 1.82) is 0 Å². The maximum Gasteiger partial charge on any atom is 0.318 e. The van der Waals surface area contributed by atoms with Gasteiger partial charge in [-0.25, -0.2) is 4.79 Å². The van der Waals surface area contributed by atoms with E-state index >= 15 is 0 Å². The summed E-state index contributed by atoms with van der Waals surface area (Å²) in [6.07, 6.45) is 0. The predicted molar refractivity (Wildman–Crippen MR) is 65.4 cm³/mol. The maximum absolute atomic E-state index is 11.1. The molecule has 0 unspecified atom stereocenters. The Balaban J connectivity index is 3.07. The van der Waals surface area contributed by atoms with Crippen LogP contribution < -0.4 is 16.4 Å². The lowest BCUT2D eigenvalue weighted by Crippen LogP contribution is -2.26. The molecule has 1 aromatic carbocycles. The fourth-order valence-corrected chi connectivity index (χ4v) is 1.37. The number of anilines is 1. The van der Waals surface area contributed by atoms with Crippen LogP contribution in [0.3, 0.4) is 0 Å². The quantitative estimate of drug-likeness (QED) is 0.693. The molecule has 1 rings (SSSR count). The average molecular weight is 244 g/mol. The molecule has 0 saturated carbocycles. The molecule has 0 aliphatic rings. The normalized spacial score (nSPS) is 9.47. The highest BCUT2D eigenvalue weighted by atomic mass is 35.5. The number of nitrogens with one attached hydrogen (secondary N) is 2. The molecular formula is C9H10ClN3OS. The van der Waals surface area contributed by atoms with E-state index in [0.717, 1.165) is 0 Å². The molecule has 0 aliphatic heterocycles. The fourth-order valence-electron chi connectivity index (χ4n) is 1.02. The van der Waals surface area contributed by atoms with Crippen LogP contribution in [0.2, 0.25) is 5.02 Å². The zero-order valence-corrected chi connectivity index (χ0v) is 9.58. The minimum Gasteiger partial charge on any atom is -0.389 e. The molecule has 0 aromatic heterocycles. The van der Waals surface area contributed by atoms with Gasteiger partial charge in [-0.15, -0.1) is 0 Å². The van der Waals surface area contributed by atoms with Crippen molar-refractivity contribution in [3.63, 3.8) is 0 Å². The molecule has 0 saturated heterocycles. The predicted octanol–water partition coefficient (Wildman–Crippen LogP) is 1.73. The van der Waals surface area contributed by atoms with Crippen molar-refractivity contribution in [3.05, 3.63) is 28.8 Å². The molecule has 2 amide bonds. The van der Waals surface area contributed by atoms with Gasteiger partial charge in [0.05, 0.1) is 5.69 Å². The lowest BCUT2D eigenvalue weighted by Gasteiger charge is -2.09. The third-order valence-electron chi connectivity index (χ3n) is 1.72. The molecule has 0 fully saturated rings. The molecule has 15 heavy (non-hydrogen) atoms. The largest absolute Gasteiger partial charge is 0.389 e. The summed E-state index contributed by atoms with van der Waals surface area (Å²) in [6.45, 7) is 0. The smallest absolute Gasteiger partial charge is 0.318 e. The van der Waals surface area contributed by atoms with Gasteiger partial charge in [-0.1, -0.05) is 23.8 Å². The summed E-state index contributed by atoms with van der Waals surface area (Å²) in [5, 5.41) is 5.50. The molecule has 1 aromatic rings. The van der Waals surface area contributed by atoms with Crippen LogP contribution in [-0.4, -0.2) is 18.1 Å². The third-order valence-corrected chi connectivity index (χ3v) is 2.18. The van der Waals surface area contributed by atoms with E-state index in [0.29, 0.717) is 16.3 Å². The molecule has 0 bridgehead atoms. The first-order chi connectivity index (χ1) is 7.04.